The van der Waals surface area contributed by atoms with Gasteiger partial charge in [-0.3, -0.25) is 4.79 Å². The van der Waals surface area contributed by atoms with Gasteiger partial charge < -0.3 is 5.32 Å². The Morgan fingerprint density at radius 2 is 2.11 bits per heavy atom. The minimum atomic E-state index is -3.30. The molecule has 1 heterocycles. The van der Waals surface area contributed by atoms with Crippen LogP contribution in [0.2, 0.25) is 0 Å². The number of hydrogen-bond acceptors (Lipinski definition) is 4. The smallest absolute Gasteiger partial charge is 0.224 e. The van der Waals surface area contributed by atoms with Gasteiger partial charge in [0.2, 0.25) is 5.91 Å². The largest absolute Gasteiger partial charge is 0.325 e. The van der Waals surface area contributed by atoms with Crippen LogP contribution in [0.3, 0.4) is 0 Å². The Kier molecular flexibility index (Phi) is 5.55. The van der Waals surface area contributed by atoms with Crippen molar-refractivity contribution < 1.29 is 13.2 Å². The number of nitrogens with zero attached hydrogens (tertiary/aromatic N) is 1. The quantitative estimate of drug-likeness (QED) is 0.640. The molecule has 1 aromatic heterocycles. The van der Waals surface area contributed by atoms with Crippen molar-refractivity contribution in [3.63, 3.8) is 0 Å². The lowest BCUT2D eigenvalue weighted by Gasteiger charge is -2.05. The molecule has 1 N–H and O–H groups in total. The summed E-state index contributed by atoms with van der Waals surface area (Å²) in [5.41, 5.74) is 0.485. The molecule has 0 bridgehead atoms. The van der Waals surface area contributed by atoms with Crippen molar-refractivity contribution in [3.8, 4) is 0 Å². The van der Waals surface area contributed by atoms with Crippen LogP contribution in [0, 0.1) is 0 Å². The average Bonchev–Trinajstić information content (AvgIpc) is 2.29. The summed E-state index contributed by atoms with van der Waals surface area (Å²) >= 11 is 5.51. The highest BCUT2D eigenvalue weighted by molar-refractivity contribution is 7.90. The number of sulfone groups is 1. The van der Waals surface area contributed by atoms with Crippen LogP contribution in [0.15, 0.2) is 23.4 Å². The van der Waals surface area contributed by atoms with Gasteiger partial charge in [0.1, 0.15) is 0 Å². The minimum Gasteiger partial charge on any atom is -0.325 e. The summed E-state index contributed by atoms with van der Waals surface area (Å²) in [5.74, 6) is 0.409. The predicted octanol–water partition coefficient (Wildman–Crippen LogP) is 1.83. The second kappa shape index (κ2) is 6.70. The number of rotatable bonds is 6. The van der Waals surface area contributed by atoms with E-state index in [9.17, 15) is 13.2 Å². The van der Waals surface area contributed by atoms with Gasteiger partial charge in [0.25, 0.3) is 0 Å². The molecule has 0 saturated heterocycles. The molecule has 5 nitrogen and oxygen atoms in total. The molecule has 0 radical (unpaired) electrons. The maximum absolute atomic E-state index is 11.5. The summed E-state index contributed by atoms with van der Waals surface area (Å²) < 4.78 is 22.4. The van der Waals surface area contributed by atoms with Crippen molar-refractivity contribution in [3.05, 3.63) is 18.3 Å². The fourth-order valence-electron chi connectivity index (χ4n) is 1.28. The number of carbonyl (C=O) groups excluding carboxylic acids is 1. The van der Waals surface area contributed by atoms with Gasteiger partial charge >= 0.3 is 0 Å². The molecule has 1 amide bonds. The van der Waals surface area contributed by atoms with E-state index in [1.165, 1.54) is 18.3 Å². The van der Waals surface area contributed by atoms with E-state index in [2.05, 4.69) is 10.3 Å². The van der Waals surface area contributed by atoms with E-state index in [-0.39, 0.29) is 10.9 Å². The van der Waals surface area contributed by atoms with E-state index in [0.29, 0.717) is 18.0 Å². The van der Waals surface area contributed by atoms with Crippen LogP contribution < -0.4 is 5.32 Å². The Bertz CT molecular complexity index is 500. The van der Waals surface area contributed by atoms with Crippen molar-refractivity contribution in [2.24, 2.45) is 0 Å². The number of hydrogen-bond donors (Lipinski definition) is 1. The lowest BCUT2D eigenvalue weighted by atomic mass is 10.2. The lowest BCUT2D eigenvalue weighted by Crippen LogP contribution is -2.11. The average molecular weight is 291 g/mol. The zero-order chi connectivity index (χ0) is 13.6. The molecule has 0 spiro atoms. The second-order valence-electron chi connectivity index (χ2n) is 3.85. The molecule has 0 saturated carbocycles. The molecule has 7 heteroatoms. The summed E-state index contributed by atoms with van der Waals surface area (Å²) in [6.45, 7) is 0. The van der Waals surface area contributed by atoms with E-state index in [4.69, 9.17) is 11.6 Å². The molecule has 0 unspecified atom stereocenters. The van der Waals surface area contributed by atoms with Crippen LogP contribution in [-0.2, 0) is 14.6 Å². The predicted molar refractivity (Wildman–Crippen MR) is 70.5 cm³/mol. The fourth-order valence-corrected chi connectivity index (χ4v) is 2.03. The highest BCUT2D eigenvalue weighted by Gasteiger charge is 2.08. The van der Waals surface area contributed by atoms with Crippen molar-refractivity contribution in [2.45, 2.75) is 24.3 Å². The number of nitrogens with one attached hydrogen (secondary N) is 1. The van der Waals surface area contributed by atoms with E-state index in [1.807, 2.05) is 0 Å². The van der Waals surface area contributed by atoms with Gasteiger partial charge in [-0.1, -0.05) is 0 Å². The molecule has 1 aromatic rings. The number of halogens is 1. The number of unbranched alkanes of at least 4 members (excludes halogenated alkanes) is 1. The van der Waals surface area contributed by atoms with Crippen LogP contribution in [0.4, 0.5) is 5.69 Å². The number of pyridine rings is 1. The highest BCUT2D eigenvalue weighted by atomic mass is 35.5. The van der Waals surface area contributed by atoms with Crippen molar-refractivity contribution in [1.82, 2.24) is 4.98 Å². The minimum absolute atomic E-state index is 0.0114. The van der Waals surface area contributed by atoms with Gasteiger partial charge in [0, 0.05) is 18.6 Å². The SMILES string of the molecule is CS(=O)(=O)c1ccc(NC(=O)CCCCCl)cn1. The first-order valence-electron chi connectivity index (χ1n) is 5.45. The molecule has 0 aliphatic rings. The summed E-state index contributed by atoms with van der Waals surface area (Å²) in [7, 11) is -3.30. The van der Waals surface area contributed by atoms with Gasteiger partial charge in [-0.05, 0) is 25.0 Å². The molecule has 0 atom stereocenters. The molecule has 18 heavy (non-hydrogen) atoms. The molecule has 0 aromatic carbocycles. The Balaban J connectivity index is 2.56. The number of alkyl halides is 1. The topological polar surface area (TPSA) is 76.1 Å². The number of anilines is 1. The second-order valence-corrected chi connectivity index (χ2v) is 6.19. The molecular formula is C11H15ClN2O3S. The molecule has 1 rings (SSSR count). The highest BCUT2D eigenvalue weighted by Crippen LogP contribution is 2.11. The van der Waals surface area contributed by atoms with Crippen molar-refractivity contribution in [2.75, 3.05) is 17.5 Å². The molecule has 0 fully saturated rings. The van der Waals surface area contributed by atoms with Crippen molar-refractivity contribution >= 4 is 33.0 Å². The third-order valence-corrected chi connectivity index (χ3v) is 3.46. The van der Waals surface area contributed by atoms with Crippen molar-refractivity contribution in [1.29, 1.82) is 0 Å². The van der Waals surface area contributed by atoms with Crippen LogP contribution in [0.25, 0.3) is 0 Å². The summed E-state index contributed by atoms with van der Waals surface area (Å²) in [5, 5.41) is 2.63. The first-order chi connectivity index (χ1) is 8.43. The van der Waals surface area contributed by atoms with Crippen LogP contribution in [0.1, 0.15) is 19.3 Å². The standard InChI is InChI=1S/C11H15ClN2O3S/c1-18(16,17)11-6-5-9(8-13-11)14-10(15)4-2-3-7-12/h5-6,8H,2-4,7H2,1H3,(H,14,15). The molecular weight excluding hydrogens is 276 g/mol. The van der Waals surface area contributed by atoms with Crippen LogP contribution >= 0.6 is 11.6 Å². The van der Waals surface area contributed by atoms with Crippen LogP contribution in [0.5, 0.6) is 0 Å². The Morgan fingerprint density at radius 3 is 2.61 bits per heavy atom. The van der Waals surface area contributed by atoms with Gasteiger partial charge in [-0.25, -0.2) is 13.4 Å². The number of carbonyl (C=O) groups is 1. The number of amides is 1. The summed E-state index contributed by atoms with van der Waals surface area (Å²) in [6, 6.07) is 2.88. The third-order valence-electron chi connectivity index (χ3n) is 2.19. The zero-order valence-electron chi connectivity index (χ0n) is 10.0. The normalized spacial score (nSPS) is 11.2. The Hall–Kier alpha value is -1.14. The van der Waals surface area contributed by atoms with E-state index < -0.39 is 9.84 Å². The summed E-state index contributed by atoms with van der Waals surface area (Å²) in [6.07, 6.45) is 4.32. The first-order valence-corrected chi connectivity index (χ1v) is 7.88. The third kappa shape index (κ3) is 5.01. The Morgan fingerprint density at radius 1 is 1.39 bits per heavy atom. The van der Waals surface area contributed by atoms with Gasteiger partial charge in [0.15, 0.2) is 14.9 Å². The monoisotopic (exact) mass is 290 g/mol. The first kappa shape index (κ1) is 14.9. The maximum Gasteiger partial charge on any atom is 0.224 e. The van der Waals surface area contributed by atoms with E-state index in [0.717, 1.165) is 19.1 Å². The lowest BCUT2D eigenvalue weighted by molar-refractivity contribution is -0.116. The fraction of sp³-hybridized carbons (Fsp3) is 0.455. The van der Waals surface area contributed by atoms with Crippen LogP contribution in [-0.4, -0.2) is 31.4 Å². The van der Waals surface area contributed by atoms with Gasteiger partial charge in [0.05, 0.1) is 11.9 Å². The number of aromatic nitrogens is 1. The van der Waals surface area contributed by atoms with E-state index >= 15 is 0 Å². The zero-order valence-corrected chi connectivity index (χ0v) is 11.6. The summed E-state index contributed by atoms with van der Waals surface area (Å²) in [4.78, 5) is 15.2. The molecule has 0 aliphatic heterocycles. The maximum atomic E-state index is 11.5. The molecule has 0 aliphatic carbocycles. The van der Waals surface area contributed by atoms with E-state index in [1.54, 1.807) is 0 Å². The van der Waals surface area contributed by atoms with Gasteiger partial charge in [-0.2, -0.15) is 0 Å². The van der Waals surface area contributed by atoms with Gasteiger partial charge in [-0.15, -0.1) is 11.6 Å². The molecule has 100 valence electrons. The Labute approximate surface area is 111 Å².